The van der Waals surface area contributed by atoms with Crippen LogP contribution < -0.4 is 5.73 Å². The smallest absolute Gasteiger partial charge is 0.0682 e. The lowest BCUT2D eigenvalue weighted by atomic mass is 10.0. The molecule has 0 radical (unpaired) electrons. The molecule has 0 aliphatic carbocycles. The van der Waals surface area contributed by atoms with Gasteiger partial charge >= 0.3 is 0 Å². The summed E-state index contributed by atoms with van der Waals surface area (Å²) in [4.78, 5) is 2.22. The Morgan fingerprint density at radius 1 is 1.27 bits per heavy atom. The monoisotopic (exact) mass is 206 g/mol. The van der Waals surface area contributed by atoms with E-state index >= 15 is 0 Å². The summed E-state index contributed by atoms with van der Waals surface area (Å²) in [6.07, 6.45) is 0.461. The van der Waals surface area contributed by atoms with Crippen molar-refractivity contribution in [2.75, 3.05) is 13.1 Å². The van der Waals surface area contributed by atoms with Crippen molar-refractivity contribution in [3.8, 4) is 0 Å². The van der Waals surface area contributed by atoms with Crippen LogP contribution in [0.3, 0.4) is 0 Å². The summed E-state index contributed by atoms with van der Waals surface area (Å²) in [6, 6.07) is 10.4. The molecule has 1 aromatic carbocycles. The summed E-state index contributed by atoms with van der Waals surface area (Å²) in [5, 5.41) is 9.61. The summed E-state index contributed by atoms with van der Waals surface area (Å²) in [5.74, 6) is 0. The standard InChI is InChI=1S/C12H18N2O/c13-11-6-12(15)9-14(8-11)7-10-4-2-1-3-5-10/h1-5,11-12,15H,6-9,13H2/t11-,12+/m1/s1. The van der Waals surface area contributed by atoms with Crippen LogP contribution in [0.1, 0.15) is 12.0 Å². The molecule has 1 fully saturated rings. The quantitative estimate of drug-likeness (QED) is 0.744. The van der Waals surface area contributed by atoms with Gasteiger partial charge in [0.05, 0.1) is 6.10 Å². The Kier molecular flexibility index (Phi) is 3.36. The fourth-order valence-corrected chi connectivity index (χ4v) is 2.17. The van der Waals surface area contributed by atoms with Crippen molar-refractivity contribution in [3.63, 3.8) is 0 Å². The van der Waals surface area contributed by atoms with Gasteiger partial charge in [-0.25, -0.2) is 0 Å². The molecule has 1 saturated heterocycles. The maximum Gasteiger partial charge on any atom is 0.0682 e. The molecule has 2 rings (SSSR count). The van der Waals surface area contributed by atoms with E-state index in [-0.39, 0.29) is 12.1 Å². The van der Waals surface area contributed by atoms with Crippen molar-refractivity contribution >= 4 is 0 Å². The summed E-state index contributed by atoms with van der Waals surface area (Å²) in [6.45, 7) is 2.50. The first-order valence-electron chi connectivity index (χ1n) is 5.44. The van der Waals surface area contributed by atoms with E-state index in [1.54, 1.807) is 0 Å². The van der Waals surface area contributed by atoms with E-state index in [9.17, 15) is 5.11 Å². The Balaban J connectivity index is 1.94. The number of β-amino-alcohol motifs (C(OH)–C–C–N with tert-alkyl or cyclic N) is 1. The number of aliphatic hydroxyl groups is 1. The van der Waals surface area contributed by atoms with Crippen molar-refractivity contribution in [2.24, 2.45) is 5.73 Å². The lowest BCUT2D eigenvalue weighted by Gasteiger charge is -2.33. The Labute approximate surface area is 90.5 Å². The molecule has 0 aromatic heterocycles. The maximum absolute atomic E-state index is 9.61. The van der Waals surface area contributed by atoms with E-state index in [0.717, 1.165) is 26.1 Å². The van der Waals surface area contributed by atoms with Gasteiger partial charge in [-0.2, -0.15) is 0 Å². The average molecular weight is 206 g/mol. The molecule has 3 heteroatoms. The normalized spacial score (nSPS) is 27.9. The van der Waals surface area contributed by atoms with Crippen molar-refractivity contribution in [2.45, 2.75) is 25.1 Å². The lowest BCUT2D eigenvalue weighted by molar-refractivity contribution is 0.0565. The van der Waals surface area contributed by atoms with Crippen molar-refractivity contribution in [1.82, 2.24) is 4.90 Å². The summed E-state index contributed by atoms with van der Waals surface area (Å²) in [7, 11) is 0. The Morgan fingerprint density at radius 2 is 2.00 bits per heavy atom. The van der Waals surface area contributed by atoms with Gasteiger partial charge in [0.25, 0.3) is 0 Å². The molecule has 82 valence electrons. The molecule has 0 unspecified atom stereocenters. The predicted octanol–water partition coefficient (Wildman–Crippen LogP) is 0.580. The summed E-state index contributed by atoms with van der Waals surface area (Å²) < 4.78 is 0. The highest BCUT2D eigenvalue weighted by atomic mass is 16.3. The van der Waals surface area contributed by atoms with E-state index in [0.29, 0.717) is 0 Å². The number of nitrogens with zero attached hydrogens (tertiary/aromatic N) is 1. The van der Waals surface area contributed by atoms with Crippen molar-refractivity contribution < 1.29 is 5.11 Å². The highest BCUT2D eigenvalue weighted by Crippen LogP contribution is 2.12. The van der Waals surface area contributed by atoms with Crippen molar-refractivity contribution in [1.29, 1.82) is 0 Å². The third-order valence-electron chi connectivity index (χ3n) is 2.79. The van der Waals surface area contributed by atoms with E-state index in [2.05, 4.69) is 17.0 Å². The number of rotatable bonds is 2. The van der Waals surface area contributed by atoms with Gasteiger partial charge in [0, 0.05) is 25.7 Å². The van der Waals surface area contributed by atoms with Crippen molar-refractivity contribution in [3.05, 3.63) is 35.9 Å². The van der Waals surface area contributed by atoms with Gasteiger partial charge < -0.3 is 10.8 Å². The van der Waals surface area contributed by atoms with Gasteiger partial charge in [-0.05, 0) is 12.0 Å². The van der Waals surface area contributed by atoms with Crippen LogP contribution in [0.2, 0.25) is 0 Å². The molecule has 1 heterocycles. The number of likely N-dealkylation sites (tertiary alicyclic amines) is 1. The highest BCUT2D eigenvalue weighted by Gasteiger charge is 2.22. The molecule has 0 spiro atoms. The fraction of sp³-hybridized carbons (Fsp3) is 0.500. The number of hydrogen-bond donors (Lipinski definition) is 2. The third kappa shape index (κ3) is 3.02. The fourth-order valence-electron chi connectivity index (χ4n) is 2.17. The van der Waals surface area contributed by atoms with E-state index in [1.807, 2.05) is 18.2 Å². The number of nitrogens with two attached hydrogens (primary N) is 1. The molecule has 2 atom stereocenters. The third-order valence-corrected chi connectivity index (χ3v) is 2.79. The van der Waals surface area contributed by atoms with Crippen LogP contribution in [0, 0.1) is 0 Å². The van der Waals surface area contributed by atoms with E-state index in [4.69, 9.17) is 5.73 Å². The first kappa shape index (κ1) is 10.6. The topological polar surface area (TPSA) is 49.5 Å². The molecular formula is C12H18N2O. The molecule has 3 N–H and O–H groups in total. The molecule has 0 amide bonds. The number of piperidine rings is 1. The van der Waals surface area contributed by atoms with Gasteiger partial charge in [-0.1, -0.05) is 30.3 Å². The Hall–Kier alpha value is -0.900. The molecule has 1 aromatic rings. The minimum absolute atomic E-state index is 0.109. The first-order chi connectivity index (χ1) is 7.24. The minimum atomic E-state index is -0.266. The first-order valence-corrected chi connectivity index (χ1v) is 5.44. The zero-order valence-corrected chi connectivity index (χ0v) is 8.84. The lowest BCUT2D eigenvalue weighted by Crippen LogP contribution is -2.48. The second kappa shape index (κ2) is 4.75. The molecule has 3 nitrogen and oxygen atoms in total. The van der Waals surface area contributed by atoms with Crippen LogP contribution in [0.4, 0.5) is 0 Å². The average Bonchev–Trinajstić information content (AvgIpc) is 2.17. The number of aliphatic hydroxyl groups excluding tert-OH is 1. The second-order valence-electron chi connectivity index (χ2n) is 4.33. The molecule has 1 aliphatic heterocycles. The van der Waals surface area contributed by atoms with Crippen LogP contribution in [0.5, 0.6) is 0 Å². The molecular weight excluding hydrogens is 188 g/mol. The Bertz CT molecular complexity index is 292. The highest BCUT2D eigenvalue weighted by molar-refractivity contribution is 5.14. The van der Waals surface area contributed by atoms with E-state index < -0.39 is 0 Å². The molecule has 0 bridgehead atoms. The zero-order chi connectivity index (χ0) is 10.7. The largest absolute Gasteiger partial charge is 0.392 e. The van der Waals surface area contributed by atoms with Gasteiger partial charge in [0.1, 0.15) is 0 Å². The molecule has 15 heavy (non-hydrogen) atoms. The van der Waals surface area contributed by atoms with E-state index in [1.165, 1.54) is 5.56 Å². The molecule has 0 saturated carbocycles. The van der Waals surface area contributed by atoms with Crippen LogP contribution in [0.25, 0.3) is 0 Å². The summed E-state index contributed by atoms with van der Waals surface area (Å²) in [5.41, 5.74) is 7.14. The van der Waals surface area contributed by atoms with Crippen LogP contribution >= 0.6 is 0 Å². The second-order valence-corrected chi connectivity index (χ2v) is 4.33. The van der Waals surface area contributed by atoms with Gasteiger partial charge in [0.2, 0.25) is 0 Å². The van der Waals surface area contributed by atoms with Gasteiger partial charge in [-0.15, -0.1) is 0 Å². The van der Waals surface area contributed by atoms with Crippen LogP contribution in [0.15, 0.2) is 30.3 Å². The predicted molar refractivity (Wildman–Crippen MR) is 60.3 cm³/mol. The number of benzene rings is 1. The zero-order valence-electron chi connectivity index (χ0n) is 8.84. The minimum Gasteiger partial charge on any atom is -0.392 e. The SMILES string of the molecule is N[C@@H]1C[C@H](O)CN(Cc2ccccc2)C1. The van der Waals surface area contributed by atoms with Crippen LogP contribution in [-0.4, -0.2) is 35.2 Å². The van der Waals surface area contributed by atoms with Gasteiger partial charge in [-0.3, -0.25) is 4.90 Å². The Morgan fingerprint density at radius 3 is 2.67 bits per heavy atom. The molecule has 1 aliphatic rings. The summed E-state index contributed by atoms with van der Waals surface area (Å²) >= 11 is 0. The number of hydrogen-bond acceptors (Lipinski definition) is 3. The van der Waals surface area contributed by atoms with Gasteiger partial charge in [0.15, 0.2) is 0 Å². The maximum atomic E-state index is 9.61. The van der Waals surface area contributed by atoms with Crippen LogP contribution in [-0.2, 0) is 6.54 Å².